The molecule has 2 aliphatic rings. The van der Waals surface area contributed by atoms with Crippen molar-refractivity contribution in [3.63, 3.8) is 0 Å². The van der Waals surface area contributed by atoms with Crippen LogP contribution in [-0.2, 0) is 5.41 Å². The molecule has 1 unspecified atom stereocenters. The third-order valence-corrected chi connectivity index (χ3v) is 13.8. The summed E-state index contributed by atoms with van der Waals surface area (Å²) in [5.74, 6) is 0.232. The van der Waals surface area contributed by atoms with Crippen LogP contribution in [0.25, 0.3) is 60.6 Å². The molecule has 0 amide bonds. The molecule has 3 heteroatoms. The van der Waals surface area contributed by atoms with Gasteiger partial charge < -0.3 is 13.9 Å². The highest BCUT2D eigenvalue weighted by Crippen LogP contribution is 2.60. The number of allylic oxidation sites excluding steroid dienone is 3. The minimum Gasteiger partial charge on any atom is -0.455 e. The number of fused-ring (bicyclic) bond motifs is 10. The monoisotopic (exact) mass is 818 g/mol. The molecule has 2 heterocycles. The van der Waals surface area contributed by atoms with Gasteiger partial charge in [0.1, 0.15) is 11.2 Å². The smallest absolute Gasteiger partial charge is 0.145 e. The molecule has 3 nitrogen and oxygen atoms in total. The van der Waals surface area contributed by atoms with Crippen molar-refractivity contribution < 1.29 is 4.42 Å². The second-order valence-corrected chi connectivity index (χ2v) is 17.1. The summed E-state index contributed by atoms with van der Waals surface area (Å²) in [6, 6.07) is 81.8. The first-order valence-corrected chi connectivity index (χ1v) is 22.3. The van der Waals surface area contributed by atoms with E-state index in [4.69, 9.17) is 4.42 Å². The summed E-state index contributed by atoms with van der Waals surface area (Å²) in [7, 11) is 0. The van der Waals surface area contributed by atoms with Gasteiger partial charge in [-0.3, -0.25) is 0 Å². The molecule has 13 rings (SSSR count). The Hall–Kier alpha value is -8.14. The highest BCUT2D eigenvalue weighted by molar-refractivity contribution is 6.24. The molecule has 11 aromatic rings. The average Bonchev–Trinajstić information content (AvgIpc) is 4.01. The number of furan rings is 1. The van der Waals surface area contributed by atoms with E-state index in [1.165, 1.54) is 39.0 Å². The van der Waals surface area contributed by atoms with Crippen molar-refractivity contribution in [1.29, 1.82) is 0 Å². The first kappa shape index (κ1) is 36.5. The number of para-hydroxylation sites is 2. The summed E-state index contributed by atoms with van der Waals surface area (Å²) >= 11 is 0. The first-order valence-electron chi connectivity index (χ1n) is 22.3. The largest absolute Gasteiger partial charge is 0.455 e. The van der Waals surface area contributed by atoms with Gasteiger partial charge in [-0.15, -0.1) is 0 Å². The molecule has 2 aliphatic carbocycles. The van der Waals surface area contributed by atoms with E-state index in [2.05, 4.69) is 246 Å². The van der Waals surface area contributed by atoms with E-state index in [9.17, 15) is 0 Å². The van der Waals surface area contributed by atoms with E-state index in [0.29, 0.717) is 0 Å². The maximum atomic E-state index is 6.82. The van der Waals surface area contributed by atoms with E-state index < -0.39 is 5.41 Å². The fourth-order valence-corrected chi connectivity index (χ4v) is 11.1. The van der Waals surface area contributed by atoms with Gasteiger partial charge in [0.25, 0.3) is 0 Å². The quantitative estimate of drug-likeness (QED) is 0.160. The van der Waals surface area contributed by atoms with Gasteiger partial charge in [-0.2, -0.15) is 0 Å². The van der Waals surface area contributed by atoms with E-state index in [1.54, 1.807) is 0 Å². The van der Waals surface area contributed by atoms with E-state index >= 15 is 0 Å². The van der Waals surface area contributed by atoms with Crippen LogP contribution in [0.4, 0.5) is 11.4 Å². The van der Waals surface area contributed by atoms with Crippen molar-refractivity contribution in [2.24, 2.45) is 0 Å². The van der Waals surface area contributed by atoms with Crippen molar-refractivity contribution >= 4 is 55.1 Å². The van der Waals surface area contributed by atoms with Gasteiger partial charge in [-0.05, 0) is 112 Å². The summed E-state index contributed by atoms with van der Waals surface area (Å²) in [6.07, 6.45) is 5.87. The zero-order valence-corrected chi connectivity index (χ0v) is 35.1. The van der Waals surface area contributed by atoms with Crippen LogP contribution in [-0.4, -0.2) is 4.57 Å². The summed E-state index contributed by atoms with van der Waals surface area (Å²) in [4.78, 5) is 2.48. The van der Waals surface area contributed by atoms with Crippen LogP contribution in [0, 0.1) is 0 Å². The Bertz CT molecular complexity index is 3580. The Balaban J connectivity index is 1.07. The SMILES string of the molecule is C1=C(N(c2ccc(-c3ccccc3)cc2)c2ccc3c(c2)c2c4oc5ccccc5c4ccc2n3-c2ccccc2)C=C2C(C1)c1ccccc1C2(c1ccccc1)c1ccccc1. The number of anilines is 2. The third kappa shape index (κ3) is 5.41. The number of rotatable bonds is 7. The van der Waals surface area contributed by atoms with Gasteiger partial charge in [0.2, 0.25) is 0 Å². The Labute approximate surface area is 372 Å². The van der Waals surface area contributed by atoms with E-state index in [-0.39, 0.29) is 5.92 Å². The maximum Gasteiger partial charge on any atom is 0.145 e. The number of nitrogens with zero attached hydrogens (tertiary/aromatic N) is 2. The number of aromatic nitrogens is 1. The lowest BCUT2D eigenvalue weighted by Gasteiger charge is -2.38. The number of benzene rings is 9. The summed E-state index contributed by atoms with van der Waals surface area (Å²) in [5.41, 5.74) is 17.2. The van der Waals surface area contributed by atoms with Crippen LogP contribution in [0.3, 0.4) is 0 Å². The van der Waals surface area contributed by atoms with Gasteiger partial charge in [0, 0.05) is 44.8 Å². The molecule has 64 heavy (non-hydrogen) atoms. The average molecular weight is 819 g/mol. The highest BCUT2D eigenvalue weighted by atomic mass is 16.3. The Morgan fingerprint density at radius 3 is 1.86 bits per heavy atom. The zero-order chi connectivity index (χ0) is 42.2. The maximum absolute atomic E-state index is 6.82. The van der Waals surface area contributed by atoms with Crippen LogP contribution in [0.15, 0.2) is 252 Å². The number of hydrogen-bond donors (Lipinski definition) is 0. The molecule has 9 aromatic carbocycles. The van der Waals surface area contributed by atoms with Crippen molar-refractivity contribution in [3.8, 4) is 16.8 Å². The van der Waals surface area contributed by atoms with Crippen molar-refractivity contribution in [3.05, 3.63) is 270 Å². The van der Waals surface area contributed by atoms with Crippen molar-refractivity contribution in [2.45, 2.75) is 17.8 Å². The fraction of sp³-hybridized carbons (Fsp3) is 0.0492. The standard InChI is InChI=1S/C61H42N2O/c1-5-17-41(18-6-1)42-29-31-46(32-30-42)62(48-33-35-50-49-25-13-15-27-54(49)61(55(50)40-48,43-19-7-2-8-20-43)44-21-9-3-10-22-44)47-34-37-56-53(39-47)59-57(63(56)45-23-11-4-12-24-45)38-36-52-51-26-14-16-28-58(51)64-60(52)59/h1-34,36-40,50H,35H2. The lowest BCUT2D eigenvalue weighted by atomic mass is 9.66. The molecule has 0 bridgehead atoms. The zero-order valence-electron chi connectivity index (χ0n) is 35.1. The van der Waals surface area contributed by atoms with E-state index in [1.807, 2.05) is 0 Å². The van der Waals surface area contributed by atoms with Crippen LogP contribution < -0.4 is 4.90 Å². The van der Waals surface area contributed by atoms with Gasteiger partial charge in [0.05, 0.1) is 21.8 Å². The van der Waals surface area contributed by atoms with E-state index in [0.717, 1.165) is 72.9 Å². The molecule has 0 fully saturated rings. The van der Waals surface area contributed by atoms with Crippen LogP contribution in [0.2, 0.25) is 0 Å². The second-order valence-electron chi connectivity index (χ2n) is 17.1. The predicted octanol–water partition coefficient (Wildman–Crippen LogP) is 15.8. The molecule has 0 spiro atoms. The Kier molecular flexibility index (Phi) is 8.26. The van der Waals surface area contributed by atoms with Gasteiger partial charge in [0.15, 0.2) is 0 Å². The van der Waals surface area contributed by atoms with Gasteiger partial charge in [-0.1, -0.05) is 170 Å². The van der Waals surface area contributed by atoms with Crippen LogP contribution in [0.1, 0.15) is 34.6 Å². The lowest BCUT2D eigenvalue weighted by molar-refractivity contribution is 0.673. The minimum atomic E-state index is -0.466. The Morgan fingerprint density at radius 2 is 1.11 bits per heavy atom. The van der Waals surface area contributed by atoms with Crippen LogP contribution in [0.5, 0.6) is 0 Å². The van der Waals surface area contributed by atoms with Crippen molar-refractivity contribution in [1.82, 2.24) is 4.57 Å². The van der Waals surface area contributed by atoms with Gasteiger partial charge in [-0.25, -0.2) is 0 Å². The fourth-order valence-electron chi connectivity index (χ4n) is 11.1. The second kappa shape index (κ2) is 14.5. The highest BCUT2D eigenvalue weighted by Gasteiger charge is 2.51. The molecule has 0 aliphatic heterocycles. The lowest BCUT2D eigenvalue weighted by Crippen LogP contribution is -2.31. The molecule has 0 N–H and O–H groups in total. The minimum absolute atomic E-state index is 0.232. The third-order valence-electron chi connectivity index (χ3n) is 13.8. The molecule has 0 saturated heterocycles. The summed E-state index contributed by atoms with van der Waals surface area (Å²) in [5, 5.41) is 4.51. The molecular formula is C61H42N2O. The predicted molar refractivity (Wildman–Crippen MR) is 265 cm³/mol. The molecular weight excluding hydrogens is 777 g/mol. The van der Waals surface area contributed by atoms with Crippen LogP contribution >= 0.6 is 0 Å². The molecule has 302 valence electrons. The van der Waals surface area contributed by atoms with Crippen molar-refractivity contribution in [2.75, 3.05) is 4.90 Å². The molecule has 0 radical (unpaired) electrons. The Morgan fingerprint density at radius 1 is 0.500 bits per heavy atom. The number of hydrogen-bond acceptors (Lipinski definition) is 2. The van der Waals surface area contributed by atoms with Gasteiger partial charge >= 0.3 is 0 Å². The first-order chi connectivity index (χ1) is 31.8. The topological polar surface area (TPSA) is 21.3 Å². The molecule has 0 saturated carbocycles. The summed E-state index contributed by atoms with van der Waals surface area (Å²) in [6.45, 7) is 0. The molecule has 1 atom stereocenters. The normalized spacial score (nSPS) is 15.3. The summed E-state index contributed by atoms with van der Waals surface area (Å²) < 4.78 is 9.20. The molecule has 2 aromatic heterocycles.